The molecule has 0 amide bonds. The van der Waals surface area contributed by atoms with Crippen LogP contribution in [0.25, 0.3) is 0 Å². The summed E-state index contributed by atoms with van der Waals surface area (Å²) in [6, 6.07) is 4.42. The molecule has 0 fully saturated rings. The van der Waals surface area contributed by atoms with Crippen molar-refractivity contribution in [1.82, 2.24) is 9.88 Å². The van der Waals surface area contributed by atoms with E-state index in [0.717, 1.165) is 0 Å². The lowest BCUT2D eigenvalue weighted by atomic mass is 9.97. The molecule has 22 heavy (non-hydrogen) atoms. The fourth-order valence-electron chi connectivity index (χ4n) is 2.09. The molecule has 0 aliphatic rings. The Morgan fingerprint density at radius 2 is 2.18 bits per heavy atom. The summed E-state index contributed by atoms with van der Waals surface area (Å²) in [6.45, 7) is 6.68. The monoisotopic (exact) mass is 318 g/mol. The Morgan fingerprint density at radius 3 is 2.68 bits per heavy atom. The van der Waals surface area contributed by atoms with E-state index in [-0.39, 0.29) is 11.5 Å². The maximum absolute atomic E-state index is 9.23. The van der Waals surface area contributed by atoms with Crippen LogP contribution in [0.2, 0.25) is 0 Å². The summed E-state index contributed by atoms with van der Waals surface area (Å²) in [6.07, 6.45) is 0. The molecule has 0 saturated heterocycles. The van der Waals surface area contributed by atoms with E-state index in [1.807, 2.05) is 34.9 Å². The number of anilines is 1. The first-order valence-corrected chi connectivity index (χ1v) is 8.11. The molecule has 1 atom stereocenters. The molecular weight excluding hydrogens is 296 g/mol. The van der Waals surface area contributed by atoms with Crippen molar-refractivity contribution in [2.75, 3.05) is 26.0 Å². The van der Waals surface area contributed by atoms with Gasteiger partial charge in [-0.15, -0.1) is 0 Å². The first-order valence-electron chi connectivity index (χ1n) is 7.16. The van der Waals surface area contributed by atoms with Gasteiger partial charge < -0.3 is 14.6 Å². The molecule has 2 aromatic rings. The Labute approximate surface area is 135 Å². The number of thiophene rings is 1. The minimum Gasteiger partial charge on any atom is -0.423 e. The predicted octanol–water partition coefficient (Wildman–Crippen LogP) is 3.62. The topological polar surface area (TPSA) is 65.1 Å². The molecule has 6 heteroatoms. The van der Waals surface area contributed by atoms with E-state index in [0.29, 0.717) is 24.0 Å². The average Bonchev–Trinajstić information content (AvgIpc) is 3.06. The van der Waals surface area contributed by atoms with Crippen LogP contribution in [0.5, 0.6) is 0 Å². The van der Waals surface area contributed by atoms with E-state index in [2.05, 4.69) is 38.1 Å². The van der Waals surface area contributed by atoms with Gasteiger partial charge in [-0.2, -0.15) is 21.6 Å². The minimum atomic E-state index is -0.222. The van der Waals surface area contributed by atoms with Gasteiger partial charge in [0.1, 0.15) is 6.07 Å². The smallest absolute Gasteiger partial charge is 0.232 e. The third-order valence-corrected chi connectivity index (χ3v) is 4.08. The average molecular weight is 318 g/mol. The van der Waals surface area contributed by atoms with Crippen LogP contribution in [0.4, 0.5) is 5.88 Å². The molecule has 2 aromatic heterocycles. The molecule has 2 heterocycles. The standard InChI is InChI=1S/C16H22N4OS/c1-16(2,3)15-19-12(8-17)14(21-15)18-9-13(20(4)5)11-6-7-22-10-11/h6-7,10,13,18H,9H2,1-5H3/t13-/m0/s1. The lowest BCUT2D eigenvalue weighted by Gasteiger charge is -2.23. The zero-order chi connectivity index (χ0) is 16.3. The quantitative estimate of drug-likeness (QED) is 0.912. The van der Waals surface area contributed by atoms with Gasteiger partial charge in [-0.1, -0.05) is 20.8 Å². The number of nitrogens with zero attached hydrogens (tertiary/aromatic N) is 3. The number of likely N-dealkylation sites (N-methyl/N-ethyl adjacent to an activating group) is 1. The fourth-order valence-corrected chi connectivity index (χ4v) is 2.80. The first kappa shape index (κ1) is 16.5. The highest BCUT2D eigenvalue weighted by molar-refractivity contribution is 7.07. The van der Waals surface area contributed by atoms with Gasteiger partial charge in [-0.25, -0.2) is 0 Å². The highest BCUT2D eigenvalue weighted by Crippen LogP contribution is 2.28. The van der Waals surface area contributed by atoms with E-state index in [1.54, 1.807) is 11.3 Å². The Hall–Kier alpha value is -1.84. The molecule has 0 aromatic carbocycles. The molecule has 0 bridgehead atoms. The summed E-state index contributed by atoms with van der Waals surface area (Å²) in [7, 11) is 4.08. The Kier molecular flexibility index (Phi) is 4.89. The maximum atomic E-state index is 9.23. The van der Waals surface area contributed by atoms with Gasteiger partial charge in [0.15, 0.2) is 0 Å². The number of nitriles is 1. The van der Waals surface area contributed by atoms with Crippen molar-refractivity contribution in [3.05, 3.63) is 34.0 Å². The second-order valence-electron chi connectivity index (χ2n) is 6.48. The van der Waals surface area contributed by atoms with Crippen LogP contribution in [0.15, 0.2) is 21.2 Å². The van der Waals surface area contributed by atoms with Crippen molar-refractivity contribution >= 4 is 17.2 Å². The van der Waals surface area contributed by atoms with E-state index in [9.17, 15) is 5.26 Å². The molecule has 0 unspecified atom stereocenters. The van der Waals surface area contributed by atoms with Crippen molar-refractivity contribution in [3.63, 3.8) is 0 Å². The number of rotatable bonds is 5. The Balaban J connectivity index is 2.17. The highest BCUT2D eigenvalue weighted by Gasteiger charge is 2.24. The molecular formula is C16H22N4OS. The third kappa shape index (κ3) is 3.67. The normalized spacial score (nSPS) is 13.1. The number of oxazole rings is 1. The Bertz CT molecular complexity index is 647. The summed E-state index contributed by atoms with van der Waals surface area (Å²) in [4.78, 5) is 6.42. The molecule has 0 aliphatic carbocycles. The van der Waals surface area contributed by atoms with E-state index in [1.165, 1.54) is 5.56 Å². The van der Waals surface area contributed by atoms with Gasteiger partial charge in [0.2, 0.25) is 17.5 Å². The largest absolute Gasteiger partial charge is 0.423 e. The van der Waals surface area contributed by atoms with Crippen molar-refractivity contribution in [2.45, 2.75) is 32.2 Å². The molecule has 0 saturated carbocycles. The fraction of sp³-hybridized carbons (Fsp3) is 0.500. The van der Waals surface area contributed by atoms with Crippen LogP contribution in [0.1, 0.15) is 44.0 Å². The van der Waals surface area contributed by atoms with Crippen molar-refractivity contribution in [2.24, 2.45) is 0 Å². The van der Waals surface area contributed by atoms with Crippen LogP contribution in [0.3, 0.4) is 0 Å². The number of nitrogens with one attached hydrogen (secondary N) is 1. The molecule has 118 valence electrons. The van der Waals surface area contributed by atoms with Crippen molar-refractivity contribution in [1.29, 1.82) is 5.26 Å². The van der Waals surface area contributed by atoms with Crippen LogP contribution >= 0.6 is 11.3 Å². The van der Waals surface area contributed by atoms with Crippen LogP contribution in [0, 0.1) is 11.3 Å². The zero-order valence-corrected chi connectivity index (χ0v) is 14.5. The van der Waals surface area contributed by atoms with Gasteiger partial charge in [0, 0.05) is 12.0 Å². The van der Waals surface area contributed by atoms with Gasteiger partial charge in [0.05, 0.1) is 6.04 Å². The molecule has 2 rings (SSSR count). The van der Waals surface area contributed by atoms with E-state index in [4.69, 9.17) is 4.42 Å². The SMILES string of the molecule is CN(C)[C@@H](CNc1oc(C(C)(C)C)nc1C#N)c1ccsc1. The van der Waals surface area contributed by atoms with E-state index >= 15 is 0 Å². The summed E-state index contributed by atoms with van der Waals surface area (Å²) in [5, 5.41) is 16.7. The van der Waals surface area contributed by atoms with Gasteiger partial charge >= 0.3 is 0 Å². The van der Waals surface area contributed by atoms with E-state index < -0.39 is 0 Å². The van der Waals surface area contributed by atoms with Gasteiger partial charge in [0.25, 0.3) is 0 Å². The predicted molar refractivity (Wildman–Crippen MR) is 89.2 cm³/mol. The van der Waals surface area contributed by atoms with Crippen molar-refractivity contribution in [3.8, 4) is 6.07 Å². The number of hydrogen-bond acceptors (Lipinski definition) is 6. The molecule has 0 aliphatic heterocycles. The second kappa shape index (κ2) is 6.51. The van der Waals surface area contributed by atoms with Crippen molar-refractivity contribution < 1.29 is 4.42 Å². The first-order chi connectivity index (χ1) is 10.3. The second-order valence-corrected chi connectivity index (χ2v) is 7.26. The molecule has 1 N–H and O–H groups in total. The highest BCUT2D eigenvalue weighted by atomic mass is 32.1. The molecule has 0 spiro atoms. The Morgan fingerprint density at radius 1 is 1.45 bits per heavy atom. The van der Waals surface area contributed by atoms with Gasteiger partial charge in [-0.05, 0) is 36.5 Å². The number of aromatic nitrogens is 1. The molecule has 5 nitrogen and oxygen atoms in total. The zero-order valence-electron chi connectivity index (χ0n) is 13.7. The summed E-state index contributed by atoms with van der Waals surface area (Å²) < 4.78 is 5.76. The van der Waals surface area contributed by atoms with Gasteiger partial charge in [-0.3, -0.25) is 0 Å². The number of hydrogen-bond donors (Lipinski definition) is 1. The lowest BCUT2D eigenvalue weighted by Crippen LogP contribution is -2.26. The summed E-state index contributed by atoms with van der Waals surface area (Å²) in [5.74, 6) is 1.03. The molecule has 0 radical (unpaired) electrons. The maximum Gasteiger partial charge on any atom is 0.232 e. The van der Waals surface area contributed by atoms with Crippen LogP contribution < -0.4 is 5.32 Å². The van der Waals surface area contributed by atoms with Crippen LogP contribution in [-0.4, -0.2) is 30.5 Å². The van der Waals surface area contributed by atoms with Crippen LogP contribution in [-0.2, 0) is 5.41 Å². The summed E-state index contributed by atoms with van der Waals surface area (Å²) >= 11 is 1.68. The third-order valence-electron chi connectivity index (χ3n) is 3.38. The minimum absolute atomic E-state index is 0.209. The lowest BCUT2D eigenvalue weighted by molar-refractivity contribution is 0.310. The summed E-state index contributed by atoms with van der Waals surface area (Å²) in [5.41, 5.74) is 1.34.